The van der Waals surface area contributed by atoms with Crippen molar-refractivity contribution in [1.82, 2.24) is 15.0 Å². The third-order valence-electron chi connectivity index (χ3n) is 7.46. The van der Waals surface area contributed by atoms with Crippen LogP contribution >= 0.6 is 0 Å². The number of benzene rings is 5. The molecule has 6 heteroatoms. The average Bonchev–Trinajstić information content (AvgIpc) is 3.08. The molecule has 0 spiro atoms. The van der Waals surface area contributed by atoms with Gasteiger partial charge in [-0.05, 0) is 41.3 Å². The molecule has 6 rings (SSSR count). The Hall–Kier alpha value is -5.62. The van der Waals surface area contributed by atoms with Crippen molar-refractivity contribution in [3.63, 3.8) is 0 Å². The lowest BCUT2D eigenvalue weighted by molar-refractivity contribution is -0.124. The van der Waals surface area contributed by atoms with E-state index in [0.29, 0.717) is 35.2 Å². The van der Waals surface area contributed by atoms with E-state index in [1.54, 1.807) is 26.0 Å². The van der Waals surface area contributed by atoms with Gasteiger partial charge in [0.05, 0.1) is 5.56 Å². The van der Waals surface area contributed by atoms with Gasteiger partial charge >= 0.3 is 0 Å². The van der Waals surface area contributed by atoms with E-state index >= 15 is 0 Å². The molecule has 1 aromatic heterocycles. The second kappa shape index (κ2) is 12.7. The van der Waals surface area contributed by atoms with E-state index in [4.69, 9.17) is 19.7 Å². The van der Waals surface area contributed by atoms with Crippen LogP contribution in [0.1, 0.15) is 20.3 Å². The minimum absolute atomic E-state index is 0.0168. The van der Waals surface area contributed by atoms with Gasteiger partial charge in [-0.3, -0.25) is 4.79 Å². The van der Waals surface area contributed by atoms with Gasteiger partial charge in [0.2, 0.25) is 0 Å². The molecule has 0 aliphatic carbocycles. The molecule has 5 aromatic carbocycles. The number of hydrogen-bond acceptors (Lipinski definition) is 6. The number of phenolic OH excluding ortho intramolecular Hbond substituents is 1. The monoisotopic (exact) mass is 577 g/mol. The topological polar surface area (TPSA) is 85.2 Å². The van der Waals surface area contributed by atoms with Crippen molar-refractivity contribution in [2.24, 2.45) is 0 Å². The Balaban J connectivity index is 1.40. The largest absolute Gasteiger partial charge is 0.507 e. The van der Waals surface area contributed by atoms with Crippen LogP contribution in [0.25, 0.3) is 56.4 Å². The van der Waals surface area contributed by atoms with Crippen molar-refractivity contribution < 1.29 is 14.6 Å². The number of aromatic hydroxyl groups is 1. The van der Waals surface area contributed by atoms with Crippen molar-refractivity contribution in [3.8, 4) is 67.9 Å². The fourth-order valence-electron chi connectivity index (χ4n) is 4.97. The van der Waals surface area contributed by atoms with E-state index in [2.05, 4.69) is 24.3 Å². The Morgan fingerprint density at radius 1 is 0.614 bits per heavy atom. The van der Waals surface area contributed by atoms with Crippen molar-refractivity contribution in [2.45, 2.75) is 26.4 Å². The first-order valence-corrected chi connectivity index (χ1v) is 14.6. The van der Waals surface area contributed by atoms with E-state index in [1.165, 1.54) is 6.07 Å². The summed E-state index contributed by atoms with van der Waals surface area (Å²) in [6.45, 7) is 3.50. The molecule has 0 bridgehead atoms. The van der Waals surface area contributed by atoms with E-state index in [9.17, 15) is 9.90 Å². The minimum atomic E-state index is -0.613. The lowest BCUT2D eigenvalue weighted by Crippen LogP contribution is -2.22. The van der Waals surface area contributed by atoms with Crippen LogP contribution in [0, 0.1) is 0 Å². The van der Waals surface area contributed by atoms with Crippen molar-refractivity contribution >= 4 is 5.78 Å². The summed E-state index contributed by atoms with van der Waals surface area (Å²) in [5, 5.41) is 11.0. The normalized spacial score (nSPS) is 11.6. The molecule has 0 saturated heterocycles. The summed E-state index contributed by atoms with van der Waals surface area (Å²) in [6, 6.07) is 41.4. The minimum Gasteiger partial charge on any atom is -0.507 e. The molecule has 1 unspecified atom stereocenters. The number of phenols is 1. The molecule has 0 radical (unpaired) electrons. The number of ketones is 1. The highest BCUT2D eigenvalue weighted by Gasteiger charge is 2.17. The number of nitrogens with zero attached hydrogens (tertiary/aromatic N) is 3. The highest BCUT2D eigenvalue weighted by atomic mass is 16.5. The first-order valence-electron chi connectivity index (χ1n) is 14.6. The summed E-state index contributed by atoms with van der Waals surface area (Å²) in [5.41, 5.74) is 6.49. The Bertz CT molecular complexity index is 1790. The maximum atomic E-state index is 12.0. The van der Waals surface area contributed by atoms with Gasteiger partial charge in [0.25, 0.3) is 0 Å². The molecule has 0 saturated carbocycles. The number of aromatic nitrogens is 3. The molecule has 1 heterocycles. The molecular formula is C38H31N3O3. The number of ether oxygens (including phenoxy) is 1. The van der Waals surface area contributed by atoms with Gasteiger partial charge in [-0.15, -0.1) is 0 Å². The van der Waals surface area contributed by atoms with Crippen LogP contribution in [0.15, 0.2) is 127 Å². The quantitative estimate of drug-likeness (QED) is 0.185. The highest BCUT2D eigenvalue weighted by Crippen LogP contribution is 2.34. The first-order chi connectivity index (χ1) is 21.5. The third-order valence-corrected chi connectivity index (χ3v) is 7.46. The third kappa shape index (κ3) is 6.25. The molecule has 0 aliphatic rings. The summed E-state index contributed by atoms with van der Waals surface area (Å²) in [6.07, 6.45) is -0.237. The molecule has 0 aliphatic heterocycles. The van der Waals surface area contributed by atoms with E-state index in [1.807, 2.05) is 84.9 Å². The van der Waals surface area contributed by atoms with Crippen LogP contribution in [-0.2, 0) is 4.79 Å². The molecule has 1 N–H and O–H groups in total. The zero-order valence-corrected chi connectivity index (χ0v) is 24.5. The van der Waals surface area contributed by atoms with Crippen molar-refractivity contribution in [1.29, 1.82) is 0 Å². The first kappa shape index (κ1) is 28.5. The van der Waals surface area contributed by atoms with Crippen LogP contribution in [0.3, 0.4) is 0 Å². The van der Waals surface area contributed by atoms with Crippen LogP contribution in [0.5, 0.6) is 11.5 Å². The summed E-state index contributed by atoms with van der Waals surface area (Å²) in [7, 11) is 0. The molecule has 216 valence electrons. The predicted molar refractivity (Wildman–Crippen MR) is 174 cm³/mol. The van der Waals surface area contributed by atoms with Gasteiger partial charge in [-0.2, -0.15) is 0 Å². The van der Waals surface area contributed by atoms with Crippen molar-refractivity contribution in [2.75, 3.05) is 0 Å². The summed E-state index contributed by atoms with van der Waals surface area (Å²) >= 11 is 0. The standard InChI is InChI=1S/C38H31N3O3/c1-3-34(42)25(2)44-32-22-23-33(35(43)24-32)38-40-36(30-18-14-28(15-19-30)26-10-6-4-7-11-26)39-37(41-38)31-20-16-29(17-21-31)27-12-8-5-9-13-27/h4-25,43H,3H2,1-2H3. The lowest BCUT2D eigenvalue weighted by Gasteiger charge is -2.14. The molecule has 1 atom stereocenters. The number of carbonyl (C=O) groups is 1. The Kier molecular flexibility index (Phi) is 8.23. The molecule has 44 heavy (non-hydrogen) atoms. The lowest BCUT2D eigenvalue weighted by atomic mass is 10.0. The SMILES string of the molecule is CCC(=O)C(C)Oc1ccc(-c2nc(-c3ccc(-c4ccccc4)cc3)nc(-c3ccc(-c4ccccc4)cc3)n2)c(O)c1. The molecule has 0 fully saturated rings. The Labute approximate surface area is 256 Å². The second-order valence-electron chi connectivity index (χ2n) is 10.5. The fourth-order valence-corrected chi connectivity index (χ4v) is 4.97. The average molecular weight is 578 g/mol. The Morgan fingerprint density at radius 3 is 1.50 bits per heavy atom. The van der Waals surface area contributed by atoms with Gasteiger partial charge in [0.1, 0.15) is 11.5 Å². The number of rotatable bonds is 9. The fraction of sp³-hybridized carbons (Fsp3) is 0.105. The molecule has 6 nitrogen and oxygen atoms in total. The Morgan fingerprint density at radius 2 is 1.05 bits per heavy atom. The number of carbonyl (C=O) groups excluding carboxylic acids is 1. The van der Waals surface area contributed by atoms with Gasteiger partial charge in [0.15, 0.2) is 29.4 Å². The van der Waals surface area contributed by atoms with Gasteiger partial charge < -0.3 is 9.84 Å². The van der Waals surface area contributed by atoms with Gasteiger partial charge in [-0.25, -0.2) is 15.0 Å². The second-order valence-corrected chi connectivity index (χ2v) is 10.5. The number of Topliss-reactive ketones (excluding diaryl/α,β-unsaturated/α-hetero) is 1. The summed E-state index contributed by atoms with van der Waals surface area (Å²) in [4.78, 5) is 26.4. The summed E-state index contributed by atoms with van der Waals surface area (Å²) < 4.78 is 5.76. The zero-order chi connectivity index (χ0) is 30.5. The van der Waals surface area contributed by atoms with E-state index < -0.39 is 6.10 Å². The van der Waals surface area contributed by atoms with Crippen LogP contribution < -0.4 is 4.74 Å². The van der Waals surface area contributed by atoms with Crippen LogP contribution in [0.4, 0.5) is 0 Å². The molecule has 6 aromatic rings. The van der Waals surface area contributed by atoms with Crippen LogP contribution in [-0.4, -0.2) is 31.9 Å². The zero-order valence-electron chi connectivity index (χ0n) is 24.5. The van der Waals surface area contributed by atoms with Crippen molar-refractivity contribution in [3.05, 3.63) is 127 Å². The predicted octanol–water partition coefficient (Wildman–Crippen LogP) is 8.66. The van der Waals surface area contributed by atoms with E-state index in [0.717, 1.165) is 33.4 Å². The maximum absolute atomic E-state index is 12.0. The maximum Gasteiger partial charge on any atom is 0.172 e. The summed E-state index contributed by atoms with van der Waals surface area (Å²) in [5.74, 6) is 1.61. The smallest absolute Gasteiger partial charge is 0.172 e. The number of hydrogen-bond donors (Lipinski definition) is 1. The highest BCUT2D eigenvalue weighted by molar-refractivity contribution is 5.82. The van der Waals surface area contributed by atoms with E-state index in [-0.39, 0.29) is 11.5 Å². The van der Waals surface area contributed by atoms with Gasteiger partial charge in [0, 0.05) is 23.6 Å². The van der Waals surface area contributed by atoms with Gasteiger partial charge in [-0.1, -0.05) is 116 Å². The molecular weight excluding hydrogens is 546 g/mol. The van der Waals surface area contributed by atoms with Crippen LogP contribution in [0.2, 0.25) is 0 Å². The molecule has 0 amide bonds.